The molecule has 1 heterocycles. The summed E-state index contributed by atoms with van der Waals surface area (Å²) in [6.45, 7) is 1.66. The lowest BCUT2D eigenvalue weighted by Gasteiger charge is -2.09. The molecule has 0 saturated carbocycles. The largest absolute Gasteiger partial charge is 0.477 e. The van der Waals surface area contributed by atoms with Gasteiger partial charge in [-0.25, -0.2) is 17.9 Å². The molecule has 0 spiro atoms. The summed E-state index contributed by atoms with van der Waals surface area (Å²) in [4.78, 5) is 10.8. The fraction of sp³-hybridized carbons (Fsp3) is 0.154. The highest BCUT2D eigenvalue weighted by atomic mass is 79.9. The average Bonchev–Trinajstić information content (AvgIpc) is 2.81. The SMILES string of the molecule is Cc1csc(C(=O)O)c1S(=O)(=O)NCc1ccccc1Br. The molecule has 8 heteroatoms. The smallest absolute Gasteiger partial charge is 0.347 e. The summed E-state index contributed by atoms with van der Waals surface area (Å²) in [6.07, 6.45) is 0. The Labute approximate surface area is 134 Å². The third-order valence-electron chi connectivity index (χ3n) is 2.79. The lowest BCUT2D eigenvalue weighted by atomic mass is 10.2. The predicted molar refractivity (Wildman–Crippen MR) is 84.2 cm³/mol. The van der Waals surface area contributed by atoms with E-state index in [0.717, 1.165) is 21.4 Å². The standard InChI is InChI=1S/C13H12BrNO4S2/c1-8-7-20-11(13(16)17)12(8)21(18,19)15-6-9-4-2-3-5-10(9)14/h2-5,7,15H,6H2,1H3,(H,16,17). The first-order valence-electron chi connectivity index (χ1n) is 5.87. The van der Waals surface area contributed by atoms with Gasteiger partial charge in [-0.1, -0.05) is 34.1 Å². The molecule has 0 amide bonds. The number of hydrogen-bond acceptors (Lipinski definition) is 4. The number of aromatic carboxylic acids is 1. The fourth-order valence-corrected chi connectivity index (χ4v) is 4.86. The van der Waals surface area contributed by atoms with E-state index in [1.165, 1.54) is 5.38 Å². The van der Waals surface area contributed by atoms with Gasteiger partial charge in [0, 0.05) is 11.0 Å². The summed E-state index contributed by atoms with van der Waals surface area (Å²) in [5.41, 5.74) is 1.20. The van der Waals surface area contributed by atoms with Crippen molar-refractivity contribution in [3.05, 3.63) is 50.1 Å². The fourth-order valence-electron chi connectivity index (χ4n) is 1.80. The van der Waals surface area contributed by atoms with Crippen LogP contribution >= 0.6 is 27.3 Å². The third kappa shape index (κ3) is 3.52. The van der Waals surface area contributed by atoms with E-state index in [0.29, 0.717) is 5.56 Å². The van der Waals surface area contributed by atoms with Crippen molar-refractivity contribution in [2.75, 3.05) is 0 Å². The van der Waals surface area contributed by atoms with E-state index in [2.05, 4.69) is 20.7 Å². The number of thiophene rings is 1. The monoisotopic (exact) mass is 389 g/mol. The predicted octanol–water partition coefficient (Wildman–Crippen LogP) is 3.00. The molecule has 0 saturated heterocycles. The Kier molecular flexibility index (Phi) is 4.82. The first kappa shape index (κ1) is 16.2. The van der Waals surface area contributed by atoms with Gasteiger partial charge in [-0.15, -0.1) is 11.3 Å². The van der Waals surface area contributed by atoms with Crippen molar-refractivity contribution in [3.8, 4) is 0 Å². The normalized spacial score (nSPS) is 11.5. The van der Waals surface area contributed by atoms with Crippen LogP contribution in [0.15, 0.2) is 39.0 Å². The Hall–Kier alpha value is -1.22. The summed E-state index contributed by atoms with van der Waals surface area (Å²) >= 11 is 4.25. The van der Waals surface area contributed by atoms with Gasteiger partial charge in [-0.2, -0.15) is 0 Å². The maximum Gasteiger partial charge on any atom is 0.347 e. The van der Waals surface area contributed by atoms with Crippen LogP contribution < -0.4 is 4.72 Å². The molecule has 2 aromatic rings. The molecule has 5 nitrogen and oxygen atoms in total. The van der Waals surface area contributed by atoms with Crippen LogP contribution in [0.2, 0.25) is 0 Å². The second kappa shape index (κ2) is 6.27. The van der Waals surface area contributed by atoms with Gasteiger partial charge in [0.05, 0.1) is 0 Å². The number of carbonyl (C=O) groups is 1. The molecule has 2 rings (SSSR count). The molecule has 1 aromatic heterocycles. The lowest BCUT2D eigenvalue weighted by Crippen LogP contribution is -2.25. The van der Waals surface area contributed by atoms with E-state index in [4.69, 9.17) is 5.11 Å². The minimum absolute atomic E-state index is 0.0815. The van der Waals surface area contributed by atoms with Crippen molar-refractivity contribution >= 4 is 43.3 Å². The number of carboxylic acid groups (broad SMARTS) is 1. The molecule has 112 valence electrons. The zero-order valence-electron chi connectivity index (χ0n) is 11.0. The third-order valence-corrected chi connectivity index (χ3v) is 6.37. The van der Waals surface area contributed by atoms with Gasteiger partial charge in [-0.3, -0.25) is 0 Å². The van der Waals surface area contributed by atoms with E-state index < -0.39 is 16.0 Å². The zero-order valence-corrected chi connectivity index (χ0v) is 14.2. The van der Waals surface area contributed by atoms with Crippen molar-refractivity contribution in [2.45, 2.75) is 18.4 Å². The summed E-state index contributed by atoms with van der Waals surface area (Å²) in [5, 5.41) is 10.6. The zero-order chi connectivity index (χ0) is 15.6. The van der Waals surface area contributed by atoms with E-state index in [9.17, 15) is 13.2 Å². The van der Waals surface area contributed by atoms with Gasteiger partial charge in [0.1, 0.15) is 9.77 Å². The molecule has 0 aliphatic heterocycles. The molecule has 21 heavy (non-hydrogen) atoms. The van der Waals surface area contributed by atoms with Gasteiger partial charge in [0.25, 0.3) is 0 Å². The lowest BCUT2D eigenvalue weighted by molar-refractivity contribution is 0.0698. The van der Waals surface area contributed by atoms with Gasteiger partial charge < -0.3 is 5.11 Å². The van der Waals surface area contributed by atoms with Crippen LogP contribution in [0.25, 0.3) is 0 Å². The number of sulfonamides is 1. The Morgan fingerprint density at radius 1 is 1.38 bits per heavy atom. The Balaban J connectivity index is 2.30. The van der Waals surface area contributed by atoms with Gasteiger partial charge in [-0.05, 0) is 29.5 Å². The molecular formula is C13H12BrNO4S2. The maximum absolute atomic E-state index is 12.3. The molecule has 2 N–H and O–H groups in total. The van der Waals surface area contributed by atoms with E-state index in [1.54, 1.807) is 19.1 Å². The highest BCUT2D eigenvalue weighted by molar-refractivity contribution is 9.10. The van der Waals surface area contributed by atoms with Crippen LogP contribution in [-0.2, 0) is 16.6 Å². The van der Waals surface area contributed by atoms with Crippen molar-refractivity contribution in [1.29, 1.82) is 0 Å². The van der Waals surface area contributed by atoms with Crippen molar-refractivity contribution in [2.24, 2.45) is 0 Å². The molecule has 1 aromatic carbocycles. The van der Waals surface area contributed by atoms with Gasteiger partial charge >= 0.3 is 5.97 Å². The van der Waals surface area contributed by atoms with Crippen LogP contribution in [0, 0.1) is 6.92 Å². The van der Waals surface area contributed by atoms with Crippen molar-refractivity contribution in [1.82, 2.24) is 4.72 Å². The van der Waals surface area contributed by atoms with Crippen LogP contribution in [0.1, 0.15) is 20.8 Å². The molecule has 0 aliphatic carbocycles. The minimum atomic E-state index is -3.88. The Morgan fingerprint density at radius 2 is 2.05 bits per heavy atom. The number of nitrogens with one attached hydrogen (secondary N) is 1. The van der Waals surface area contributed by atoms with Crippen molar-refractivity contribution < 1.29 is 18.3 Å². The highest BCUT2D eigenvalue weighted by Gasteiger charge is 2.26. The van der Waals surface area contributed by atoms with Gasteiger partial charge in [0.2, 0.25) is 10.0 Å². The topological polar surface area (TPSA) is 83.5 Å². The average molecular weight is 390 g/mol. The van der Waals surface area contributed by atoms with E-state index in [-0.39, 0.29) is 16.3 Å². The summed E-state index contributed by atoms with van der Waals surface area (Å²) < 4.78 is 27.9. The molecule has 0 radical (unpaired) electrons. The molecule has 0 fully saturated rings. The van der Waals surface area contributed by atoms with Crippen molar-refractivity contribution in [3.63, 3.8) is 0 Å². The van der Waals surface area contributed by atoms with E-state index >= 15 is 0 Å². The molecule has 0 aliphatic rings. The molecule has 0 unspecified atom stereocenters. The first-order valence-corrected chi connectivity index (χ1v) is 9.03. The number of hydrogen-bond donors (Lipinski definition) is 2. The minimum Gasteiger partial charge on any atom is -0.477 e. The number of rotatable bonds is 5. The molecule has 0 bridgehead atoms. The quantitative estimate of drug-likeness (QED) is 0.822. The summed E-state index contributed by atoms with van der Waals surface area (Å²) in [6, 6.07) is 7.22. The molecular weight excluding hydrogens is 378 g/mol. The van der Waals surface area contributed by atoms with Crippen LogP contribution in [0.4, 0.5) is 0 Å². The maximum atomic E-state index is 12.3. The number of aryl methyl sites for hydroxylation is 1. The Bertz CT molecular complexity index is 783. The van der Waals surface area contributed by atoms with Gasteiger partial charge in [0.15, 0.2) is 0 Å². The molecule has 0 atom stereocenters. The summed E-state index contributed by atoms with van der Waals surface area (Å²) in [5.74, 6) is -1.24. The highest BCUT2D eigenvalue weighted by Crippen LogP contribution is 2.27. The number of carboxylic acids is 1. The van der Waals surface area contributed by atoms with Crippen LogP contribution in [0.3, 0.4) is 0 Å². The first-order chi connectivity index (χ1) is 9.83. The number of benzene rings is 1. The van der Waals surface area contributed by atoms with Crippen LogP contribution in [-0.4, -0.2) is 19.5 Å². The Morgan fingerprint density at radius 3 is 2.67 bits per heavy atom. The summed E-state index contributed by atoms with van der Waals surface area (Å²) in [7, 11) is -3.88. The van der Waals surface area contributed by atoms with E-state index in [1.807, 2.05) is 12.1 Å². The second-order valence-electron chi connectivity index (χ2n) is 4.30. The van der Waals surface area contributed by atoms with Crippen LogP contribution in [0.5, 0.6) is 0 Å². The second-order valence-corrected chi connectivity index (χ2v) is 7.74. The number of halogens is 1.